The molecule has 0 fully saturated rings. The Morgan fingerprint density at radius 2 is 1.71 bits per heavy atom. The summed E-state index contributed by atoms with van der Waals surface area (Å²) in [7, 11) is 3.20. The number of rotatable bonds is 8. The smallest absolute Gasteiger partial charge is 0.328 e. The molecule has 0 spiro atoms. The number of amides is 1. The van der Waals surface area contributed by atoms with Gasteiger partial charge in [-0.2, -0.15) is 0 Å². The number of nitrogens with one attached hydrogen (secondary N) is 1. The van der Waals surface area contributed by atoms with E-state index in [2.05, 4.69) is 15.3 Å². The number of anilines is 2. The van der Waals surface area contributed by atoms with Crippen molar-refractivity contribution in [1.82, 2.24) is 15.3 Å². The van der Waals surface area contributed by atoms with Crippen LogP contribution < -0.4 is 10.2 Å². The van der Waals surface area contributed by atoms with E-state index in [1.54, 1.807) is 42.7 Å². The quantitative estimate of drug-likeness (QED) is 0.565. The highest BCUT2D eigenvalue weighted by Crippen LogP contribution is 2.20. The predicted octanol–water partition coefficient (Wildman–Crippen LogP) is 3.62. The Morgan fingerprint density at radius 1 is 1.03 bits per heavy atom. The van der Waals surface area contributed by atoms with Crippen LogP contribution in [0.5, 0.6) is 0 Å². The van der Waals surface area contributed by atoms with E-state index in [0.29, 0.717) is 17.9 Å². The molecule has 3 rings (SSSR count). The molecule has 1 heterocycles. The summed E-state index contributed by atoms with van der Waals surface area (Å²) < 4.78 is 4.83. The summed E-state index contributed by atoms with van der Waals surface area (Å²) >= 11 is 0. The lowest BCUT2D eigenvalue weighted by Gasteiger charge is -2.16. The Bertz CT molecular complexity index is 1020. The summed E-state index contributed by atoms with van der Waals surface area (Å²) in [5.41, 5.74) is 2.40. The van der Waals surface area contributed by atoms with Crippen LogP contribution in [0.15, 0.2) is 79.1 Å². The maximum Gasteiger partial charge on any atom is 0.328 e. The lowest BCUT2D eigenvalue weighted by molar-refractivity contribution is -0.142. The molecule has 1 aromatic heterocycles. The van der Waals surface area contributed by atoms with Gasteiger partial charge in [0, 0.05) is 30.7 Å². The van der Waals surface area contributed by atoms with Crippen LogP contribution in [-0.2, 0) is 9.53 Å². The van der Waals surface area contributed by atoms with Crippen molar-refractivity contribution in [3.63, 3.8) is 0 Å². The van der Waals surface area contributed by atoms with Crippen LogP contribution >= 0.6 is 0 Å². The third-order valence-corrected chi connectivity index (χ3v) is 4.64. The molecule has 0 aliphatic rings. The van der Waals surface area contributed by atoms with Gasteiger partial charge in [0.25, 0.3) is 5.91 Å². The summed E-state index contributed by atoms with van der Waals surface area (Å²) in [6.45, 7) is 0. The first kappa shape index (κ1) is 21.7. The lowest BCUT2D eigenvalue weighted by Crippen LogP contribution is -2.41. The van der Waals surface area contributed by atoms with Gasteiger partial charge < -0.3 is 15.0 Å². The van der Waals surface area contributed by atoms with E-state index in [0.717, 1.165) is 11.3 Å². The summed E-state index contributed by atoms with van der Waals surface area (Å²) in [5.74, 6) is -0.199. The number of hydrogen-bond acceptors (Lipinski definition) is 6. The molecular weight excluding hydrogens is 392 g/mol. The first-order chi connectivity index (χ1) is 15.1. The third-order valence-electron chi connectivity index (χ3n) is 4.64. The number of benzene rings is 2. The monoisotopic (exact) mass is 416 g/mol. The number of hydrogen-bond donors (Lipinski definition) is 1. The van der Waals surface area contributed by atoms with E-state index in [-0.39, 0.29) is 5.91 Å². The van der Waals surface area contributed by atoms with Gasteiger partial charge in [0.05, 0.1) is 7.11 Å². The second-order valence-corrected chi connectivity index (χ2v) is 6.75. The molecule has 0 saturated carbocycles. The molecule has 0 radical (unpaired) electrons. The van der Waals surface area contributed by atoms with E-state index in [1.165, 1.54) is 7.11 Å². The van der Waals surface area contributed by atoms with Gasteiger partial charge in [-0.05, 0) is 42.3 Å². The molecule has 31 heavy (non-hydrogen) atoms. The molecule has 0 bridgehead atoms. The fourth-order valence-electron chi connectivity index (χ4n) is 2.92. The second kappa shape index (κ2) is 10.7. The molecule has 1 amide bonds. The standard InChI is InChI=1S/C24H24N4O3/c1-28(24-25-16-7-17-26-24)20-14-12-18(13-15-20)8-6-11-21(23(30)31-2)27-22(29)19-9-4-3-5-10-19/h3-10,12-17,21H,11H2,1-2H3,(H,27,29). The molecule has 3 aromatic rings. The van der Waals surface area contributed by atoms with Crippen LogP contribution in [0.2, 0.25) is 0 Å². The van der Waals surface area contributed by atoms with E-state index in [9.17, 15) is 9.59 Å². The van der Waals surface area contributed by atoms with Gasteiger partial charge in [-0.3, -0.25) is 4.79 Å². The van der Waals surface area contributed by atoms with Crippen molar-refractivity contribution in [2.45, 2.75) is 12.5 Å². The second-order valence-electron chi connectivity index (χ2n) is 6.75. The number of nitrogens with zero attached hydrogens (tertiary/aromatic N) is 3. The Labute approximate surface area is 181 Å². The number of ether oxygens (including phenoxy) is 1. The van der Waals surface area contributed by atoms with E-state index >= 15 is 0 Å². The minimum atomic E-state index is -0.769. The van der Waals surface area contributed by atoms with Gasteiger partial charge in [-0.25, -0.2) is 14.8 Å². The van der Waals surface area contributed by atoms with Gasteiger partial charge in [0.1, 0.15) is 6.04 Å². The summed E-state index contributed by atoms with van der Waals surface area (Å²) in [6.07, 6.45) is 7.44. The van der Waals surface area contributed by atoms with Crippen molar-refractivity contribution in [3.05, 3.63) is 90.3 Å². The highest BCUT2D eigenvalue weighted by atomic mass is 16.5. The minimum absolute atomic E-state index is 0.310. The largest absolute Gasteiger partial charge is 0.467 e. The summed E-state index contributed by atoms with van der Waals surface area (Å²) in [5, 5.41) is 2.73. The van der Waals surface area contributed by atoms with E-state index in [1.807, 2.05) is 54.4 Å². The van der Waals surface area contributed by atoms with Gasteiger partial charge >= 0.3 is 5.97 Å². The minimum Gasteiger partial charge on any atom is -0.467 e. The van der Waals surface area contributed by atoms with Crippen LogP contribution in [-0.4, -0.2) is 42.0 Å². The zero-order valence-electron chi connectivity index (χ0n) is 17.4. The van der Waals surface area contributed by atoms with Crippen LogP contribution in [0, 0.1) is 0 Å². The predicted molar refractivity (Wildman–Crippen MR) is 120 cm³/mol. The molecule has 0 aliphatic carbocycles. The molecular formula is C24H24N4O3. The number of aromatic nitrogens is 2. The number of methoxy groups -OCH3 is 1. The summed E-state index contributed by atoms with van der Waals surface area (Å²) in [4.78, 5) is 34.8. The van der Waals surface area contributed by atoms with Gasteiger partial charge in [-0.1, -0.05) is 42.5 Å². The Balaban J connectivity index is 1.62. The number of carbonyl (C=O) groups excluding carboxylic acids is 2. The zero-order valence-corrected chi connectivity index (χ0v) is 17.4. The van der Waals surface area contributed by atoms with Crippen LogP contribution in [0.3, 0.4) is 0 Å². The number of carbonyl (C=O) groups is 2. The molecule has 1 N–H and O–H groups in total. The fourth-order valence-corrected chi connectivity index (χ4v) is 2.92. The zero-order chi connectivity index (χ0) is 22.1. The van der Waals surface area contributed by atoms with Crippen molar-refractivity contribution in [3.8, 4) is 0 Å². The van der Waals surface area contributed by atoms with E-state index < -0.39 is 12.0 Å². The molecule has 1 atom stereocenters. The van der Waals surface area contributed by atoms with Gasteiger partial charge in [0.2, 0.25) is 5.95 Å². The molecule has 2 aromatic carbocycles. The maximum absolute atomic E-state index is 12.4. The normalized spacial score (nSPS) is 11.7. The van der Waals surface area contributed by atoms with Crippen molar-refractivity contribution < 1.29 is 14.3 Å². The molecule has 7 nitrogen and oxygen atoms in total. The van der Waals surface area contributed by atoms with Crippen molar-refractivity contribution in [2.24, 2.45) is 0 Å². The van der Waals surface area contributed by atoms with Crippen molar-refractivity contribution in [1.29, 1.82) is 0 Å². The topological polar surface area (TPSA) is 84.4 Å². The van der Waals surface area contributed by atoms with Crippen LogP contribution in [0.1, 0.15) is 22.3 Å². The van der Waals surface area contributed by atoms with Crippen molar-refractivity contribution in [2.75, 3.05) is 19.1 Å². The Hall–Kier alpha value is -4.00. The fraction of sp³-hybridized carbons (Fsp3) is 0.167. The number of esters is 1. The summed E-state index contributed by atoms with van der Waals surface area (Å²) in [6, 6.07) is 17.6. The first-order valence-electron chi connectivity index (χ1n) is 9.79. The maximum atomic E-state index is 12.4. The molecule has 1 unspecified atom stereocenters. The molecule has 0 saturated heterocycles. The van der Waals surface area contributed by atoms with Crippen LogP contribution in [0.4, 0.5) is 11.6 Å². The SMILES string of the molecule is COC(=O)C(CC=Cc1ccc(N(C)c2ncccn2)cc1)NC(=O)c1ccccc1. The lowest BCUT2D eigenvalue weighted by atomic mass is 10.1. The molecule has 158 valence electrons. The average Bonchev–Trinajstić information content (AvgIpc) is 2.84. The molecule has 0 aliphatic heterocycles. The van der Waals surface area contributed by atoms with Gasteiger partial charge in [0.15, 0.2) is 0 Å². The Kier molecular flexibility index (Phi) is 7.48. The molecule has 7 heteroatoms. The van der Waals surface area contributed by atoms with Crippen molar-refractivity contribution >= 4 is 29.6 Å². The van der Waals surface area contributed by atoms with Gasteiger partial charge in [-0.15, -0.1) is 0 Å². The average molecular weight is 416 g/mol. The highest BCUT2D eigenvalue weighted by Gasteiger charge is 2.20. The highest BCUT2D eigenvalue weighted by molar-refractivity contribution is 5.96. The first-order valence-corrected chi connectivity index (χ1v) is 9.79. The van der Waals surface area contributed by atoms with E-state index in [4.69, 9.17) is 4.74 Å². The third kappa shape index (κ3) is 5.99. The van der Waals surface area contributed by atoms with Crippen LogP contribution in [0.25, 0.3) is 6.08 Å². The Morgan fingerprint density at radius 3 is 2.35 bits per heavy atom.